The van der Waals surface area contributed by atoms with Crippen molar-refractivity contribution in [2.75, 3.05) is 0 Å². The first-order valence-electron chi connectivity index (χ1n) is 10.3. The fraction of sp³-hybridized carbons (Fsp3) is 0.0800. The lowest BCUT2D eigenvalue weighted by molar-refractivity contribution is 0.100. The molecule has 8 heteroatoms. The molecular formula is C25H21N5O2S. The van der Waals surface area contributed by atoms with Crippen LogP contribution in [0.3, 0.4) is 0 Å². The molecule has 0 unspecified atom stereocenters. The van der Waals surface area contributed by atoms with E-state index >= 15 is 0 Å². The number of aryl methyl sites for hydroxylation is 1. The smallest absolute Gasteiger partial charge is 0.248 e. The minimum atomic E-state index is -0.510. The number of nitrogens with one attached hydrogen (secondary N) is 1. The zero-order chi connectivity index (χ0) is 22.9. The molecule has 0 saturated carbocycles. The van der Waals surface area contributed by atoms with Crippen molar-refractivity contribution in [3.8, 4) is 28.5 Å². The van der Waals surface area contributed by atoms with E-state index in [1.54, 1.807) is 41.7 Å². The number of nitrogens with two attached hydrogens (primary N) is 1. The zero-order valence-corrected chi connectivity index (χ0v) is 18.6. The molecule has 33 heavy (non-hydrogen) atoms. The Labute approximate surface area is 194 Å². The molecule has 2 heterocycles. The van der Waals surface area contributed by atoms with Crippen LogP contribution in [0.5, 0.6) is 5.75 Å². The maximum Gasteiger partial charge on any atom is 0.248 e. The van der Waals surface area contributed by atoms with Crippen molar-refractivity contribution in [3.05, 3.63) is 83.9 Å². The van der Waals surface area contributed by atoms with Crippen molar-refractivity contribution < 1.29 is 9.90 Å². The van der Waals surface area contributed by atoms with Crippen molar-refractivity contribution in [1.29, 1.82) is 0 Å². The Kier molecular flexibility index (Phi) is 5.35. The Morgan fingerprint density at radius 3 is 2.58 bits per heavy atom. The number of benzene rings is 3. The van der Waals surface area contributed by atoms with Crippen molar-refractivity contribution in [2.45, 2.75) is 10.6 Å². The molecule has 0 radical (unpaired) electrons. The Morgan fingerprint density at radius 1 is 1.09 bits per heavy atom. The quantitative estimate of drug-likeness (QED) is 0.321. The van der Waals surface area contributed by atoms with E-state index in [0.29, 0.717) is 33.8 Å². The van der Waals surface area contributed by atoms with Crippen LogP contribution in [0.2, 0.25) is 0 Å². The van der Waals surface area contributed by atoms with E-state index < -0.39 is 5.91 Å². The van der Waals surface area contributed by atoms with Crippen LogP contribution >= 0.6 is 11.8 Å². The highest BCUT2D eigenvalue weighted by atomic mass is 32.2. The van der Waals surface area contributed by atoms with Crippen LogP contribution in [0.1, 0.15) is 15.9 Å². The minimum Gasteiger partial charge on any atom is -0.504 e. The molecule has 0 bridgehead atoms. The fourth-order valence-electron chi connectivity index (χ4n) is 3.69. The van der Waals surface area contributed by atoms with Gasteiger partial charge in [-0.3, -0.25) is 9.48 Å². The highest BCUT2D eigenvalue weighted by Crippen LogP contribution is 2.37. The highest BCUT2D eigenvalue weighted by Gasteiger charge is 2.21. The monoisotopic (exact) mass is 455 g/mol. The maximum absolute atomic E-state index is 11.5. The van der Waals surface area contributed by atoms with Crippen molar-refractivity contribution in [3.63, 3.8) is 0 Å². The molecule has 0 fully saturated rings. The molecule has 2 aromatic heterocycles. The molecule has 0 aliphatic heterocycles. The average Bonchev–Trinajstić information content (AvgIpc) is 3.37. The number of aromatic nitrogens is 4. The summed E-state index contributed by atoms with van der Waals surface area (Å²) >= 11 is 1.78. The van der Waals surface area contributed by atoms with Crippen LogP contribution in [0.25, 0.3) is 33.8 Å². The van der Waals surface area contributed by atoms with Gasteiger partial charge in [0.25, 0.3) is 0 Å². The van der Waals surface area contributed by atoms with Gasteiger partial charge in [0.1, 0.15) is 11.4 Å². The number of amides is 1. The summed E-state index contributed by atoms with van der Waals surface area (Å²) in [5.41, 5.74) is 10.0. The Hall–Kier alpha value is -4.04. The second-order valence-corrected chi connectivity index (χ2v) is 8.70. The van der Waals surface area contributed by atoms with Gasteiger partial charge in [-0.25, -0.2) is 4.98 Å². The average molecular weight is 456 g/mol. The standard InChI is InChI=1S/C25H21N5O2S/c1-30-22(25-27-19-12-11-17(24(26)32)13-20(19)28-25)23(31)21(29-30)16-9-7-15(8-10-16)14-33-18-5-3-2-4-6-18/h2-13,31H,14H2,1H3,(H2,26,32)(H,27,28). The van der Waals surface area contributed by atoms with Crippen LogP contribution in [-0.4, -0.2) is 30.8 Å². The largest absolute Gasteiger partial charge is 0.504 e. The molecule has 164 valence electrons. The van der Waals surface area contributed by atoms with Crippen LogP contribution < -0.4 is 5.73 Å². The number of fused-ring (bicyclic) bond motifs is 1. The highest BCUT2D eigenvalue weighted by molar-refractivity contribution is 7.98. The van der Waals surface area contributed by atoms with Crippen LogP contribution in [0.4, 0.5) is 0 Å². The number of hydrogen-bond acceptors (Lipinski definition) is 5. The molecule has 0 aliphatic carbocycles. The molecule has 5 aromatic rings. The predicted octanol–water partition coefficient (Wildman–Crippen LogP) is 4.73. The van der Waals surface area contributed by atoms with E-state index in [2.05, 4.69) is 27.2 Å². The predicted molar refractivity (Wildman–Crippen MR) is 130 cm³/mol. The lowest BCUT2D eigenvalue weighted by atomic mass is 10.1. The van der Waals surface area contributed by atoms with Gasteiger partial charge in [0.05, 0.1) is 11.0 Å². The number of H-pyrrole nitrogens is 1. The Bertz CT molecular complexity index is 1460. The van der Waals surface area contributed by atoms with E-state index in [-0.39, 0.29) is 5.75 Å². The summed E-state index contributed by atoms with van der Waals surface area (Å²) in [5, 5.41) is 15.5. The first kappa shape index (κ1) is 20.8. The molecular weight excluding hydrogens is 434 g/mol. The molecule has 0 saturated heterocycles. The van der Waals surface area contributed by atoms with Gasteiger partial charge in [0.15, 0.2) is 11.6 Å². The van der Waals surface area contributed by atoms with Gasteiger partial charge in [0, 0.05) is 28.8 Å². The lowest BCUT2D eigenvalue weighted by Crippen LogP contribution is -2.10. The zero-order valence-electron chi connectivity index (χ0n) is 17.8. The number of hydrogen-bond donors (Lipinski definition) is 3. The topological polar surface area (TPSA) is 110 Å². The van der Waals surface area contributed by atoms with E-state index in [0.717, 1.165) is 11.3 Å². The van der Waals surface area contributed by atoms with E-state index in [4.69, 9.17) is 5.73 Å². The summed E-state index contributed by atoms with van der Waals surface area (Å²) in [5.74, 6) is 0.847. The van der Waals surface area contributed by atoms with Gasteiger partial charge >= 0.3 is 0 Å². The Morgan fingerprint density at radius 2 is 1.85 bits per heavy atom. The van der Waals surface area contributed by atoms with Gasteiger partial charge in [-0.05, 0) is 35.9 Å². The van der Waals surface area contributed by atoms with Gasteiger partial charge in [-0.1, -0.05) is 42.5 Å². The van der Waals surface area contributed by atoms with E-state index in [9.17, 15) is 9.90 Å². The Balaban J connectivity index is 1.42. The third-order valence-corrected chi connectivity index (χ3v) is 6.47. The summed E-state index contributed by atoms with van der Waals surface area (Å²) in [6.45, 7) is 0. The van der Waals surface area contributed by atoms with Crippen molar-refractivity contribution >= 4 is 28.7 Å². The third kappa shape index (κ3) is 4.08. The number of carbonyl (C=O) groups excluding carboxylic acids is 1. The molecule has 0 spiro atoms. The molecule has 0 aliphatic rings. The van der Waals surface area contributed by atoms with E-state index in [1.807, 2.05) is 42.5 Å². The van der Waals surface area contributed by atoms with Gasteiger partial charge in [-0.15, -0.1) is 11.8 Å². The number of primary amides is 1. The molecule has 3 aromatic carbocycles. The van der Waals surface area contributed by atoms with Gasteiger partial charge < -0.3 is 15.8 Å². The second-order valence-electron chi connectivity index (χ2n) is 7.65. The SMILES string of the molecule is Cn1nc(-c2ccc(CSc3ccccc3)cc2)c(O)c1-c1nc2ccc(C(N)=O)cc2[nH]1. The minimum absolute atomic E-state index is 0.0399. The lowest BCUT2D eigenvalue weighted by Gasteiger charge is -2.04. The van der Waals surface area contributed by atoms with Crippen molar-refractivity contribution in [2.24, 2.45) is 12.8 Å². The first-order chi connectivity index (χ1) is 16.0. The maximum atomic E-state index is 11.5. The second kappa shape index (κ2) is 8.48. The summed E-state index contributed by atoms with van der Waals surface area (Å²) in [6.07, 6.45) is 0. The number of thioether (sulfide) groups is 1. The van der Waals surface area contributed by atoms with Crippen LogP contribution in [-0.2, 0) is 12.8 Å². The number of aromatic hydroxyl groups is 1. The van der Waals surface area contributed by atoms with Crippen molar-refractivity contribution in [1.82, 2.24) is 19.7 Å². The fourth-order valence-corrected chi connectivity index (χ4v) is 4.57. The molecule has 4 N–H and O–H groups in total. The number of rotatable bonds is 6. The summed E-state index contributed by atoms with van der Waals surface area (Å²) in [6, 6.07) is 23.3. The summed E-state index contributed by atoms with van der Waals surface area (Å²) in [4.78, 5) is 20.4. The number of aromatic amines is 1. The molecule has 1 amide bonds. The molecule has 7 nitrogen and oxygen atoms in total. The third-order valence-electron chi connectivity index (χ3n) is 5.39. The summed E-state index contributed by atoms with van der Waals surface area (Å²) < 4.78 is 1.59. The normalized spacial score (nSPS) is 11.2. The van der Waals surface area contributed by atoms with Crippen LogP contribution in [0.15, 0.2) is 77.7 Å². The first-order valence-corrected chi connectivity index (χ1v) is 11.3. The van der Waals surface area contributed by atoms with Crippen LogP contribution in [0, 0.1) is 0 Å². The molecule has 0 atom stereocenters. The van der Waals surface area contributed by atoms with E-state index in [1.165, 1.54) is 10.5 Å². The number of carbonyl (C=O) groups is 1. The number of imidazole rings is 1. The molecule has 5 rings (SSSR count). The van der Waals surface area contributed by atoms with Gasteiger partial charge in [0.2, 0.25) is 5.91 Å². The number of nitrogens with zero attached hydrogens (tertiary/aromatic N) is 3. The van der Waals surface area contributed by atoms with Gasteiger partial charge in [-0.2, -0.15) is 5.10 Å². The summed E-state index contributed by atoms with van der Waals surface area (Å²) in [7, 11) is 1.76.